The summed E-state index contributed by atoms with van der Waals surface area (Å²) in [5, 5.41) is 0. The van der Waals surface area contributed by atoms with E-state index in [1.54, 1.807) is 4.90 Å². The number of halogens is 1. The van der Waals surface area contributed by atoms with Gasteiger partial charge in [0.15, 0.2) is 11.4 Å². The predicted octanol–water partition coefficient (Wildman–Crippen LogP) is 3.59. The van der Waals surface area contributed by atoms with Crippen LogP contribution in [0.2, 0.25) is 0 Å². The minimum Gasteiger partial charge on any atom is -0.465 e. The molecule has 1 fully saturated rings. The highest BCUT2D eigenvalue weighted by Gasteiger charge is 2.36. The van der Waals surface area contributed by atoms with E-state index in [1.165, 1.54) is 13.2 Å². The van der Waals surface area contributed by atoms with Crippen LogP contribution in [0.4, 0.5) is 15.2 Å². The van der Waals surface area contributed by atoms with Gasteiger partial charge in [0.2, 0.25) is 0 Å². The number of ether oxygens (including phenoxy) is 2. The molecule has 0 radical (unpaired) electrons. The molecule has 158 valence electrons. The Balaban J connectivity index is 1.90. The zero-order chi connectivity index (χ0) is 21.5. The van der Waals surface area contributed by atoms with Crippen molar-refractivity contribution in [2.45, 2.75) is 52.3 Å². The van der Waals surface area contributed by atoms with Crippen molar-refractivity contribution in [3.05, 3.63) is 23.5 Å². The molecular formula is C20H26FN3O5. The highest BCUT2D eigenvalue weighted by atomic mass is 19.1. The average Bonchev–Trinajstić information content (AvgIpc) is 3.05. The largest absolute Gasteiger partial charge is 0.465 e. The Kier molecular flexibility index (Phi) is 5.42. The van der Waals surface area contributed by atoms with Gasteiger partial charge in [0.05, 0.1) is 12.7 Å². The molecule has 8 nitrogen and oxygen atoms in total. The van der Waals surface area contributed by atoms with E-state index >= 15 is 0 Å². The van der Waals surface area contributed by atoms with Gasteiger partial charge < -0.3 is 23.7 Å². The number of amides is 1. The molecule has 0 aliphatic carbocycles. The molecule has 1 aliphatic heterocycles. The third kappa shape index (κ3) is 4.13. The van der Waals surface area contributed by atoms with E-state index in [0.29, 0.717) is 13.1 Å². The lowest BCUT2D eigenvalue weighted by Gasteiger charge is -2.43. The fourth-order valence-electron chi connectivity index (χ4n) is 3.52. The van der Waals surface area contributed by atoms with Gasteiger partial charge in [-0.05, 0) is 46.8 Å². The third-order valence-electron chi connectivity index (χ3n) is 4.68. The number of carbonyl (C=O) groups excluding carboxylic acids is 2. The lowest BCUT2D eigenvalue weighted by molar-refractivity contribution is 0.0189. The number of benzene rings is 1. The number of aromatic nitrogens is 1. The molecule has 0 spiro atoms. The van der Waals surface area contributed by atoms with Crippen molar-refractivity contribution in [3.8, 4) is 0 Å². The molecule has 1 amide bonds. The van der Waals surface area contributed by atoms with Gasteiger partial charge in [-0.15, -0.1) is 0 Å². The molecular weight excluding hydrogens is 381 g/mol. The van der Waals surface area contributed by atoms with Crippen LogP contribution in [-0.2, 0) is 9.47 Å². The summed E-state index contributed by atoms with van der Waals surface area (Å²) < 4.78 is 30.2. The number of methoxy groups -OCH3 is 1. The van der Waals surface area contributed by atoms with Gasteiger partial charge in [-0.2, -0.15) is 4.98 Å². The summed E-state index contributed by atoms with van der Waals surface area (Å²) in [5.41, 5.74) is -0.438. The third-order valence-corrected chi connectivity index (χ3v) is 4.68. The zero-order valence-corrected chi connectivity index (χ0v) is 17.5. The molecule has 1 saturated heterocycles. The lowest BCUT2D eigenvalue weighted by Crippen LogP contribution is -2.59. The molecule has 1 aromatic heterocycles. The normalized spacial score (nSPS) is 20.1. The van der Waals surface area contributed by atoms with Crippen LogP contribution in [0.5, 0.6) is 0 Å². The number of hydrogen-bond acceptors (Lipinski definition) is 7. The minimum absolute atomic E-state index is 0.100. The molecule has 3 rings (SSSR count). The van der Waals surface area contributed by atoms with Crippen LogP contribution in [-0.4, -0.2) is 59.8 Å². The Morgan fingerprint density at radius 2 is 1.83 bits per heavy atom. The fraction of sp³-hybridized carbons (Fsp3) is 0.550. The molecule has 0 saturated carbocycles. The van der Waals surface area contributed by atoms with Crippen LogP contribution in [0, 0.1) is 5.82 Å². The van der Waals surface area contributed by atoms with Crippen molar-refractivity contribution in [1.29, 1.82) is 0 Å². The van der Waals surface area contributed by atoms with Gasteiger partial charge in [0.1, 0.15) is 11.1 Å². The summed E-state index contributed by atoms with van der Waals surface area (Å²) in [6.45, 7) is 10.1. The summed E-state index contributed by atoms with van der Waals surface area (Å²) in [6, 6.07) is 2.34. The fourth-order valence-corrected chi connectivity index (χ4v) is 3.52. The molecule has 0 bridgehead atoms. The summed E-state index contributed by atoms with van der Waals surface area (Å²) in [7, 11) is 1.25. The number of oxazole rings is 1. The second kappa shape index (κ2) is 7.53. The number of anilines is 1. The Bertz CT molecular complexity index is 924. The molecule has 2 unspecified atom stereocenters. The number of fused-ring (bicyclic) bond motifs is 1. The highest BCUT2D eigenvalue weighted by molar-refractivity contribution is 6.01. The molecule has 2 aromatic rings. The summed E-state index contributed by atoms with van der Waals surface area (Å²) in [5.74, 6) is -1.23. The Morgan fingerprint density at radius 3 is 2.38 bits per heavy atom. The van der Waals surface area contributed by atoms with Crippen LogP contribution < -0.4 is 4.90 Å². The van der Waals surface area contributed by atoms with Crippen LogP contribution in [0.1, 0.15) is 45.0 Å². The maximum absolute atomic E-state index is 14.3. The van der Waals surface area contributed by atoms with Crippen LogP contribution in [0.25, 0.3) is 11.1 Å². The van der Waals surface area contributed by atoms with Crippen molar-refractivity contribution in [2.75, 3.05) is 25.1 Å². The molecule has 29 heavy (non-hydrogen) atoms. The highest BCUT2D eigenvalue weighted by Crippen LogP contribution is 2.31. The number of carbonyl (C=O) groups is 2. The van der Waals surface area contributed by atoms with Crippen molar-refractivity contribution in [1.82, 2.24) is 9.88 Å². The predicted molar refractivity (Wildman–Crippen MR) is 105 cm³/mol. The van der Waals surface area contributed by atoms with Crippen molar-refractivity contribution < 1.29 is 27.9 Å². The van der Waals surface area contributed by atoms with E-state index in [4.69, 9.17) is 13.9 Å². The first kappa shape index (κ1) is 20.9. The first-order valence-corrected chi connectivity index (χ1v) is 9.45. The number of piperazine rings is 1. The van der Waals surface area contributed by atoms with E-state index < -0.39 is 17.4 Å². The summed E-state index contributed by atoms with van der Waals surface area (Å²) in [6.07, 6.45) is -0.382. The van der Waals surface area contributed by atoms with Gasteiger partial charge in [-0.1, -0.05) is 0 Å². The van der Waals surface area contributed by atoms with E-state index in [0.717, 1.165) is 6.07 Å². The van der Waals surface area contributed by atoms with E-state index in [9.17, 15) is 14.0 Å². The number of esters is 1. The molecule has 1 aromatic carbocycles. The first-order chi connectivity index (χ1) is 13.5. The second-order valence-corrected chi connectivity index (χ2v) is 8.25. The van der Waals surface area contributed by atoms with Gasteiger partial charge in [0, 0.05) is 25.2 Å². The lowest BCUT2D eigenvalue weighted by atomic mass is 10.1. The molecule has 1 aliphatic rings. The first-order valence-electron chi connectivity index (χ1n) is 9.45. The van der Waals surface area contributed by atoms with Crippen LogP contribution >= 0.6 is 0 Å². The maximum Gasteiger partial charge on any atom is 0.410 e. The van der Waals surface area contributed by atoms with E-state index in [-0.39, 0.29) is 40.9 Å². The average molecular weight is 407 g/mol. The minimum atomic E-state index is -0.620. The standard InChI is InChI=1S/C20H26FN3O5/c1-11-9-23(19(26)29-20(3,4)5)10-12(2)24(11)18-22-15-13(17(25)27-6)7-8-14(21)16(15)28-18/h7-8,11-12H,9-10H2,1-6H3. The van der Waals surface area contributed by atoms with Crippen LogP contribution in [0.3, 0.4) is 0 Å². The number of hydrogen-bond donors (Lipinski definition) is 0. The maximum atomic E-state index is 14.3. The molecule has 9 heteroatoms. The Labute approximate surface area is 168 Å². The number of nitrogens with zero attached hydrogens (tertiary/aromatic N) is 3. The molecule has 2 heterocycles. The van der Waals surface area contributed by atoms with Gasteiger partial charge in [-0.3, -0.25) is 0 Å². The van der Waals surface area contributed by atoms with Crippen molar-refractivity contribution >= 4 is 29.2 Å². The SMILES string of the molecule is COC(=O)c1ccc(F)c2oc(N3C(C)CN(C(=O)OC(C)(C)C)CC3C)nc12. The van der Waals surface area contributed by atoms with Crippen LogP contribution in [0.15, 0.2) is 16.5 Å². The smallest absolute Gasteiger partial charge is 0.410 e. The van der Waals surface area contributed by atoms with Gasteiger partial charge >= 0.3 is 12.1 Å². The van der Waals surface area contributed by atoms with Gasteiger partial charge in [-0.25, -0.2) is 14.0 Å². The Morgan fingerprint density at radius 1 is 1.21 bits per heavy atom. The number of rotatable bonds is 2. The monoisotopic (exact) mass is 407 g/mol. The summed E-state index contributed by atoms with van der Waals surface area (Å²) in [4.78, 5) is 32.3. The quantitative estimate of drug-likeness (QED) is 0.703. The van der Waals surface area contributed by atoms with Crippen molar-refractivity contribution in [2.24, 2.45) is 0 Å². The van der Waals surface area contributed by atoms with E-state index in [2.05, 4.69) is 4.98 Å². The topological polar surface area (TPSA) is 85.1 Å². The van der Waals surface area contributed by atoms with Gasteiger partial charge in [0.25, 0.3) is 6.01 Å². The summed E-state index contributed by atoms with van der Waals surface area (Å²) >= 11 is 0. The van der Waals surface area contributed by atoms with E-state index in [1.807, 2.05) is 39.5 Å². The van der Waals surface area contributed by atoms with Crippen molar-refractivity contribution in [3.63, 3.8) is 0 Å². The second-order valence-electron chi connectivity index (χ2n) is 8.25. The molecule has 2 atom stereocenters. The zero-order valence-electron chi connectivity index (χ0n) is 17.5. The molecule has 0 N–H and O–H groups in total. The Hall–Kier alpha value is -2.84.